The van der Waals surface area contributed by atoms with E-state index in [0.29, 0.717) is 0 Å². The van der Waals surface area contributed by atoms with E-state index in [-0.39, 0.29) is 6.10 Å². The molecule has 0 fully saturated rings. The lowest BCUT2D eigenvalue weighted by Crippen LogP contribution is -2.05. The zero-order valence-electron chi connectivity index (χ0n) is 9.04. The highest BCUT2D eigenvalue weighted by atomic mass is 16.4. The minimum absolute atomic E-state index is 0.0800. The van der Waals surface area contributed by atoms with Crippen molar-refractivity contribution in [3.63, 3.8) is 0 Å². The highest BCUT2D eigenvalue weighted by Gasteiger charge is 2.09. The van der Waals surface area contributed by atoms with Crippen LogP contribution >= 0.6 is 0 Å². The Hall–Kier alpha value is -1.54. The van der Waals surface area contributed by atoms with Gasteiger partial charge in [-0.25, -0.2) is 0 Å². The summed E-state index contributed by atoms with van der Waals surface area (Å²) in [5.74, 6) is 0. The van der Waals surface area contributed by atoms with Crippen molar-refractivity contribution in [3.05, 3.63) is 71.8 Å². The molecule has 0 aliphatic rings. The fourth-order valence-corrected chi connectivity index (χ4v) is 1.74. The molecule has 1 unspecified atom stereocenters. The summed E-state index contributed by atoms with van der Waals surface area (Å²) in [6.07, 6.45) is 0.713. The van der Waals surface area contributed by atoms with Crippen molar-refractivity contribution in [2.45, 2.75) is 12.5 Å². The molecule has 0 aliphatic carbocycles. The molecule has 0 spiro atoms. The van der Waals surface area contributed by atoms with E-state index >= 15 is 0 Å². The smallest absolute Gasteiger partial charge is 0.283 e. The summed E-state index contributed by atoms with van der Waals surface area (Å²) in [5, 5.41) is 0. The quantitative estimate of drug-likeness (QED) is 0.701. The van der Waals surface area contributed by atoms with Gasteiger partial charge in [-0.05, 0) is 11.1 Å². The third-order valence-corrected chi connectivity index (χ3v) is 2.60. The van der Waals surface area contributed by atoms with Gasteiger partial charge in [-0.3, -0.25) is 0 Å². The third-order valence-electron chi connectivity index (χ3n) is 2.60. The molecular weight excluding hydrogens is 195 g/mol. The monoisotopic (exact) mass is 208 g/mol. The van der Waals surface area contributed by atoms with Crippen LogP contribution in [-0.4, -0.2) is 8.05 Å². The molecule has 0 amide bonds. The molecule has 16 heavy (non-hydrogen) atoms. The van der Waals surface area contributed by atoms with Gasteiger partial charge in [-0.2, -0.15) is 0 Å². The molecule has 2 aromatic carbocycles. The van der Waals surface area contributed by atoms with E-state index in [2.05, 4.69) is 12.1 Å². The largest absolute Gasteiger partial charge is 0.441 e. The van der Waals surface area contributed by atoms with Gasteiger partial charge in [-0.1, -0.05) is 60.7 Å². The van der Waals surface area contributed by atoms with Crippen molar-refractivity contribution >= 4 is 8.05 Å². The topological polar surface area (TPSA) is 9.23 Å². The van der Waals surface area contributed by atoms with Crippen LogP contribution in [0.5, 0.6) is 0 Å². The maximum absolute atomic E-state index is 5.35. The Labute approximate surface area is 97.5 Å². The second-order valence-corrected chi connectivity index (χ2v) is 3.73. The average molecular weight is 208 g/mol. The molecule has 0 saturated heterocycles. The van der Waals surface area contributed by atoms with Crippen LogP contribution in [0, 0.1) is 0 Å². The molecule has 2 heteroatoms. The van der Waals surface area contributed by atoms with E-state index in [9.17, 15) is 0 Å². The Bertz CT molecular complexity index is 413. The summed E-state index contributed by atoms with van der Waals surface area (Å²) in [4.78, 5) is 0. The Kier molecular flexibility index (Phi) is 3.78. The zero-order chi connectivity index (χ0) is 11.2. The lowest BCUT2D eigenvalue weighted by Gasteiger charge is -2.16. The molecule has 2 rings (SSSR count). The van der Waals surface area contributed by atoms with Gasteiger partial charge in [0, 0.05) is 6.42 Å². The standard InChI is InChI=1S/C14H13BO/c15-16-14(13-9-5-2-6-10-13)11-12-7-3-1-4-8-12/h1-10,14H,11H2. The van der Waals surface area contributed by atoms with Crippen molar-refractivity contribution in [2.24, 2.45) is 0 Å². The lowest BCUT2D eigenvalue weighted by molar-refractivity contribution is 0.227. The molecule has 0 N–H and O–H groups in total. The first-order valence-corrected chi connectivity index (χ1v) is 5.34. The van der Waals surface area contributed by atoms with Gasteiger partial charge in [0.05, 0.1) is 6.10 Å². The maximum atomic E-state index is 5.35. The summed E-state index contributed by atoms with van der Waals surface area (Å²) in [5.41, 5.74) is 2.33. The highest BCUT2D eigenvalue weighted by molar-refractivity contribution is 5.98. The lowest BCUT2D eigenvalue weighted by atomic mass is 10.0. The fraction of sp³-hybridized carbons (Fsp3) is 0.143. The first-order valence-electron chi connectivity index (χ1n) is 5.34. The van der Waals surface area contributed by atoms with Gasteiger partial charge in [0.25, 0.3) is 8.05 Å². The molecule has 0 saturated carbocycles. The van der Waals surface area contributed by atoms with E-state index in [4.69, 9.17) is 12.7 Å². The molecule has 0 heterocycles. The minimum atomic E-state index is -0.0800. The van der Waals surface area contributed by atoms with Crippen molar-refractivity contribution in [2.75, 3.05) is 0 Å². The predicted molar refractivity (Wildman–Crippen MR) is 66.2 cm³/mol. The van der Waals surface area contributed by atoms with E-state index in [0.717, 1.165) is 12.0 Å². The summed E-state index contributed by atoms with van der Waals surface area (Å²) in [6, 6.07) is 20.2. The molecule has 2 aromatic rings. The molecule has 0 aromatic heterocycles. The van der Waals surface area contributed by atoms with E-state index in [1.54, 1.807) is 0 Å². The van der Waals surface area contributed by atoms with Gasteiger partial charge in [-0.15, -0.1) is 0 Å². The Morgan fingerprint density at radius 2 is 1.44 bits per heavy atom. The zero-order valence-corrected chi connectivity index (χ0v) is 9.04. The molecule has 78 valence electrons. The van der Waals surface area contributed by atoms with E-state index < -0.39 is 0 Å². The normalized spacial score (nSPS) is 12.2. The SMILES string of the molecule is [B]OC(Cc1ccccc1)c1ccccc1. The average Bonchev–Trinajstić information content (AvgIpc) is 2.38. The summed E-state index contributed by atoms with van der Waals surface area (Å²) < 4.78 is 5.04. The summed E-state index contributed by atoms with van der Waals surface area (Å²) in [6.45, 7) is 0. The number of benzene rings is 2. The second-order valence-electron chi connectivity index (χ2n) is 3.73. The van der Waals surface area contributed by atoms with E-state index in [1.165, 1.54) is 5.56 Å². The summed E-state index contributed by atoms with van der Waals surface area (Å²) >= 11 is 0. The molecule has 0 aliphatic heterocycles. The molecule has 1 nitrogen and oxygen atoms in total. The van der Waals surface area contributed by atoms with Crippen molar-refractivity contribution < 1.29 is 4.65 Å². The van der Waals surface area contributed by atoms with Gasteiger partial charge < -0.3 is 4.65 Å². The highest BCUT2D eigenvalue weighted by Crippen LogP contribution is 2.20. The predicted octanol–water partition coefficient (Wildman–Crippen LogP) is 3.07. The maximum Gasteiger partial charge on any atom is 0.283 e. The van der Waals surface area contributed by atoms with Crippen LogP contribution in [0.25, 0.3) is 0 Å². The fourth-order valence-electron chi connectivity index (χ4n) is 1.74. The van der Waals surface area contributed by atoms with Crippen LogP contribution in [0.2, 0.25) is 0 Å². The van der Waals surface area contributed by atoms with Gasteiger partial charge in [0.15, 0.2) is 0 Å². The Balaban J connectivity index is 2.13. The third kappa shape index (κ3) is 2.74. The number of hydrogen-bond acceptors (Lipinski definition) is 1. The van der Waals surface area contributed by atoms with Gasteiger partial charge in [0.1, 0.15) is 0 Å². The van der Waals surface area contributed by atoms with Crippen LogP contribution in [0.4, 0.5) is 0 Å². The molecule has 1 atom stereocenters. The molecular formula is C14H13BO. The van der Waals surface area contributed by atoms with Crippen LogP contribution in [0.15, 0.2) is 60.7 Å². The van der Waals surface area contributed by atoms with Gasteiger partial charge in [0.2, 0.25) is 0 Å². The van der Waals surface area contributed by atoms with Crippen molar-refractivity contribution in [1.29, 1.82) is 0 Å². The summed E-state index contributed by atoms with van der Waals surface area (Å²) in [7, 11) is 5.35. The van der Waals surface area contributed by atoms with Gasteiger partial charge >= 0.3 is 0 Å². The van der Waals surface area contributed by atoms with E-state index in [1.807, 2.05) is 48.5 Å². The minimum Gasteiger partial charge on any atom is -0.441 e. The van der Waals surface area contributed by atoms with Crippen molar-refractivity contribution in [1.82, 2.24) is 0 Å². The van der Waals surface area contributed by atoms with Crippen molar-refractivity contribution in [3.8, 4) is 0 Å². The van der Waals surface area contributed by atoms with Crippen LogP contribution < -0.4 is 0 Å². The first-order chi connectivity index (χ1) is 7.90. The molecule has 2 radical (unpaired) electrons. The Morgan fingerprint density at radius 3 is 2.00 bits per heavy atom. The first kappa shape index (κ1) is 11.0. The van der Waals surface area contributed by atoms with Crippen LogP contribution in [0.3, 0.4) is 0 Å². The van der Waals surface area contributed by atoms with Crippen LogP contribution in [-0.2, 0) is 11.1 Å². The number of rotatable bonds is 4. The second kappa shape index (κ2) is 5.52. The number of hydrogen-bond donors (Lipinski definition) is 0. The molecule has 0 bridgehead atoms. The van der Waals surface area contributed by atoms with Crippen LogP contribution in [0.1, 0.15) is 17.2 Å². The Morgan fingerprint density at radius 1 is 0.875 bits per heavy atom.